The van der Waals surface area contributed by atoms with Crippen molar-refractivity contribution in [3.8, 4) is 5.75 Å². The number of aryl methyl sites for hydroxylation is 1. The number of carbonyl (C=O) groups excluding carboxylic acids is 1. The van der Waals surface area contributed by atoms with Gasteiger partial charge in [0.25, 0.3) is 10.0 Å². The third kappa shape index (κ3) is 3.73. The van der Waals surface area contributed by atoms with Crippen LogP contribution in [0.3, 0.4) is 0 Å². The number of ketones is 1. The van der Waals surface area contributed by atoms with Crippen molar-refractivity contribution < 1.29 is 22.3 Å². The van der Waals surface area contributed by atoms with Gasteiger partial charge in [-0.05, 0) is 68.7 Å². The van der Waals surface area contributed by atoms with E-state index >= 15 is 0 Å². The second kappa shape index (κ2) is 6.91. The Bertz CT molecular complexity index is 1010. The number of anilines is 1. The summed E-state index contributed by atoms with van der Waals surface area (Å²) >= 11 is 1.29. The molecule has 27 heavy (non-hydrogen) atoms. The first-order chi connectivity index (χ1) is 12.8. The molecule has 144 valence electrons. The molecule has 8 heteroatoms. The summed E-state index contributed by atoms with van der Waals surface area (Å²) in [4.78, 5) is 12.9. The van der Waals surface area contributed by atoms with Gasteiger partial charge in [-0.2, -0.15) is 0 Å². The highest BCUT2D eigenvalue weighted by Crippen LogP contribution is 2.41. The molecule has 1 heterocycles. The van der Waals surface area contributed by atoms with Gasteiger partial charge in [0, 0.05) is 4.88 Å². The maximum Gasteiger partial charge on any atom is 0.266 e. The van der Waals surface area contributed by atoms with Crippen molar-refractivity contribution in [3.05, 3.63) is 40.0 Å². The fourth-order valence-corrected chi connectivity index (χ4v) is 6.13. The van der Waals surface area contributed by atoms with Crippen molar-refractivity contribution in [2.75, 3.05) is 11.3 Å². The second-order valence-electron chi connectivity index (χ2n) is 7.07. The molecule has 0 radical (unpaired) electrons. The molecule has 5 nitrogen and oxygen atoms in total. The predicted octanol–water partition coefficient (Wildman–Crippen LogP) is 4.17. The smallest absolute Gasteiger partial charge is 0.266 e. The van der Waals surface area contributed by atoms with Crippen LogP contribution in [0.4, 0.5) is 9.39 Å². The summed E-state index contributed by atoms with van der Waals surface area (Å²) in [6, 6.07) is 3.48. The van der Waals surface area contributed by atoms with Gasteiger partial charge in [0.05, 0.1) is 12.2 Å². The van der Waals surface area contributed by atoms with Crippen LogP contribution in [0.25, 0.3) is 0 Å². The lowest BCUT2D eigenvalue weighted by Crippen LogP contribution is -2.16. The number of thiophene rings is 1. The first-order valence-corrected chi connectivity index (χ1v) is 11.3. The summed E-state index contributed by atoms with van der Waals surface area (Å²) in [6.07, 6.45) is 4.71. The van der Waals surface area contributed by atoms with Crippen LogP contribution in [-0.4, -0.2) is 20.8 Å². The Morgan fingerprint density at radius 3 is 2.81 bits per heavy atom. The number of halogens is 1. The summed E-state index contributed by atoms with van der Waals surface area (Å²) in [7, 11) is -4.09. The van der Waals surface area contributed by atoms with Crippen LogP contribution in [0.5, 0.6) is 5.75 Å². The Morgan fingerprint density at radius 1 is 1.33 bits per heavy atom. The maximum atomic E-state index is 13.8. The Hall–Kier alpha value is -1.93. The Labute approximate surface area is 161 Å². The van der Waals surface area contributed by atoms with E-state index in [1.165, 1.54) is 30.4 Å². The van der Waals surface area contributed by atoms with Crippen molar-refractivity contribution in [2.24, 2.45) is 5.92 Å². The molecule has 1 fully saturated rings. The van der Waals surface area contributed by atoms with Crippen LogP contribution < -0.4 is 9.46 Å². The van der Waals surface area contributed by atoms with Crippen molar-refractivity contribution >= 4 is 32.1 Å². The van der Waals surface area contributed by atoms with Gasteiger partial charge in [0.1, 0.15) is 21.5 Å². The second-order valence-corrected chi connectivity index (χ2v) is 9.82. The highest BCUT2D eigenvalue weighted by Gasteiger charge is 2.29. The zero-order valence-corrected chi connectivity index (χ0v) is 16.5. The minimum absolute atomic E-state index is 0.129. The summed E-state index contributed by atoms with van der Waals surface area (Å²) in [5, 5.41) is 0.310. The Morgan fingerprint density at radius 2 is 2.11 bits per heavy atom. The molecule has 0 bridgehead atoms. The molecular weight excluding hydrogens is 389 g/mol. The zero-order chi connectivity index (χ0) is 19.2. The summed E-state index contributed by atoms with van der Waals surface area (Å²) in [5.41, 5.74) is 1.38. The Balaban J connectivity index is 1.68. The van der Waals surface area contributed by atoms with Crippen molar-refractivity contribution in [2.45, 2.75) is 43.9 Å². The third-order valence-electron chi connectivity index (χ3n) is 4.87. The first-order valence-electron chi connectivity index (χ1n) is 8.96. The molecule has 0 aliphatic heterocycles. The van der Waals surface area contributed by atoms with Crippen molar-refractivity contribution in [1.29, 1.82) is 0 Å². The van der Waals surface area contributed by atoms with E-state index in [9.17, 15) is 17.6 Å². The molecule has 4 rings (SSSR count). The number of Topliss-reactive ketones (excluding diaryl/α,β-unsaturated/α-hetero) is 1. The van der Waals surface area contributed by atoms with Crippen LogP contribution in [0.15, 0.2) is 23.1 Å². The van der Waals surface area contributed by atoms with Gasteiger partial charge in [-0.3, -0.25) is 9.52 Å². The number of carbonyl (C=O) groups is 1. The highest BCUT2D eigenvalue weighted by molar-refractivity contribution is 7.93. The minimum Gasteiger partial charge on any atom is -0.492 e. The van der Waals surface area contributed by atoms with Crippen LogP contribution in [0, 0.1) is 11.7 Å². The fourth-order valence-electron chi connectivity index (χ4n) is 3.33. The fraction of sp³-hybridized carbons (Fsp3) is 0.421. The number of hydrogen-bond acceptors (Lipinski definition) is 5. The minimum atomic E-state index is -4.09. The van der Waals surface area contributed by atoms with Crippen LogP contribution >= 0.6 is 11.3 Å². The van der Waals surface area contributed by atoms with E-state index in [0.717, 1.165) is 48.6 Å². The SMILES string of the molecule is CC(=O)c1c(NS(=O)(=O)c2cc(F)ccc2OCC2CC2)sc2c1CCC2. The predicted molar refractivity (Wildman–Crippen MR) is 102 cm³/mol. The molecule has 1 aromatic heterocycles. The van der Waals surface area contributed by atoms with Gasteiger partial charge in [0.2, 0.25) is 0 Å². The number of sulfonamides is 1. The van der Waals surface area contributed by atoms with Crippen LogP contribution in [0.1, 0.15) is 47.0 Å². The van der Waals surface area contributed by atoms with Gasteiger partial charge in [-0.15, -0.1) is 11.3 Å². The number of benzene rings is 1. The number of hydrogen-bond donors (Lipinski definition) is 1. The van der Waals surface area contributed by atoms with Crippen molar-refractivity contribution in [3.63, 3.8) is 0 Å². The standard InChI is InChI=1S/C19H20FNO4S2/c1-11(22)18-14-3-2-4-16(14)26-19(18)21-27(23,24)17-9-13(20)7-8-15(17)25-10-12-5-6-12/h7-9,12,21H,2-6,10H2,1H3. The van der Waals surface area contributed by atoms with E-state index in [1.54, 1.807) is 0 Å². The van der Waals surface area contributed by atoms with Crippen molar-refractivity contribution in [1.82, 2.24) is 0 Å². The lowest BCUT2D eigenvalue weighted by atomic mass is 10.1. The lowest BCUT2D eigenvalue weighted by molar-refractivity contribution is 0.101. The van der Waals surface area contributed by atoms with E-state index < -0.39 is 15.8 Å². The van der Waals surface area contributed by atoms with E-state index in [2.05, 4.69) is 4.72 Å². The molecule has 2 aliphatic carbocycles. The Kier molecular flexibility index (Phi) is 4.71. The van der Waals surface area contributed by atoms with Gasteiger partial charge < -0.3 is 4.74 Å². The van der Waals surface area contributed by atoms with E-state index in [0.29, 0.717) is 23.1 Å². The lowest BCUT2D eigenvalue weighted by Gasteiger charge is -2.13. The molecule has 1 aromatic carbocycles. The molecule has 2 aliphatic rings. The summed E-state index contributed by atoms with van der Waals surface area (Å²) in [6.45, 7) is 1.85. The third-order valence-corrected chi connectivity index (χ3v) is 7.57. The summed E-state index contributed by atoms with van der Waals surface area (Å²) < 4.78 is 47.9. The largest absolute Gasteiger partial charge is 0.492 e. The molecular formula is C19H20FNO4S2. The highest BCUT2D eigenvalue weighted by atomic mass is 32.2. The monoisotopic (exact) mass is 409 g/mol. The number of rotatable bonds is 7. The average molecular weight is 410 g/mol. The molecule has 0 atom stereocenters. The normalized spacial score (nSPS) is 16.2. The van der Waals surface area contributed by atoms with Gasteiger partial charge in [-0.1, -0.05) is 0 Å². The topological polar surface area (TPSA) is 72.5 Å². The molecule has 1 saturated carbocycles. The van der Waals surface area contributed by atoms with E-state index in [-0.39, 0.29) is 16.4 Å². The van der Waals surface area contributed by atoms with Crippen LogP contribution in [-0.2, 0) is 22.9 Å². The maximum absolute atomic E-state index is 13.8. The van der Waals surface area contributed by atoms with Gasteiger partial charge in [0.15, 0.2) is 5.78 Å². The van der Waals surface area contributed by atoms with Gasteiger partial charge in [-0.25, -0.2) is 12.8 Å². The summed E-state index contributed by atoms with van der Waals surface area (Å²) in [5.74, 6) is -0.265. The van der Waals surface area contributed by atoms with Gasteiger partial charge >= 0.3 is 0 Å². The molecule has 0 unspecified atom stereocenters. The number of ether oxygens (including phenoxy) is 1. The van der Waals surface area contributed by atoms with E-state index in [1.807, 2.05) is 0 Å². The van der Waals surface area contributed by atoms with Crippen LogP contribution in [0.2, 0.25) is 0 Å². The quantitative estimate of drug-likeness (QED) is 0.697. The average Bonchev–Trinajstić information content (AvgIpc) is 3.22. The molecule has 0 saturated heterocycles. The molecule has 0 amide bonds. The zero-order valence-electron chi connectivity index (χ0n) is 14.9. The molecule has 1 N–H and O–H groups in total. The van der Waals surface area contributed by atoms with E-state index in [4.69, 9.17) is 4.74 Å². The number of fused-ring (bicyclic) bond motifs is 1. The molecule has 2 aromatic rings. The molecule has 0 spiro atoms. The first kappa shape index (κ1) is 18.4. The number of nitrogens with one attached hydrogen (secondary N) is 1.